The molecule has 0 spiro atoms. The van der Waals surface area contributed by atoms with Crippen molar-refractivity contribution >= 4 is 23.3 Å². The molecule has 2 aromatic rings. The van der Waals surface area contributed by atoms with Crippen LogP contribution in [0.4, 0.5) is 16.2 Å². The number of hydrogen-bond acceptors (Lipinski definition) is 3. The zero-order valence-corrected chi connectivity index (χ0v) is 18.4. The van der Waals surface area contributed by atoms with Crippen LogP contribution in [0.25, 0.3) is 0 Å². The summed E-state index contributed by atoms with van der Waals surface area (Å²) in [5.41, 5.74) is 3.78. The van der Waals surface area contributed by atoms with Crippen molar-refractivity contribution < 1.29 is 9.59 Å². The molecule has 0 atom stereocenters. The van der Waals surface area contributed by atoms with Crippen molar-refractivity contribution in [1.29, 1.82) is 0 Å². The lowest BCUT2D eigenvalue weighted by Gasteiger charge is -2.36. The smallest absolute Gasteiger partial charge is 0.317 e. The number of nitrogens with one attached hydrogen (secondary N) is 2. The second-order valence-electron chi connectivity index (χ2n) is 8.64. The van der Waals surface area contributed by atoms with Crippen LogP contribution in [-0.2, 0) is 5.41 Å². The average Bonchev–Trinajstić information content (AvgIpc) is 2.74. The third-order valence-corrected chi connectivity index (χ3v) is 5.40. The number of nitrogens with zero attached hydrogens (tertiary/aromatic N) is 2. The Morgan fingerprint density at radius 2 is 1.50 bits per heavy atom. The lowest BCUT2D eigenvalue weighted by molar-refractivity contribution is 0.102. The first-order valence-corrected chi connectivity index (χ1v) is 10.6. The van der Waals surface area contributed by atoms with Gasteiger partial charge in [0.25, 0.3) is 5.91 Å². The second-order valence-corrected chi connectivity index (χ2v) is 8.64. The van der Waals surface area contributed by atoms with Crippen molar-refractivity contribution in [3.63, 3.8) is 0 Å². The molecule has 3 amide bonds. The molecule has 0 bridgehead atoms. The van der Waals surface area contributed by atoms with E-state index in [1.807, 2.05) is 60.4 Å². The van der Waals surface area contributed by atoms with Crippen LogP contribution < -0.4 is 15.5 Å². The fourth-order valence-electron chi connectivity index (χ4n) is 3.51. The van der Waals surface area contributed by atoms with Gasteiger partial charge < -0.3 is 20.4 Å². The van der Waals surface area contributed by atoms with E-state index in [2.05, 4.69) is 36.3 Å². The van der Waals surface area contributed by atoms with E-state index in [4.69, 9.17) is 0 Å². The lowest BCUT2D eigenvalue weighted by Crippen LogP contribution is -2.51. The van der Waals surface area contributed by atoms with E-state index in [1.54, 1.807) is 0 Å². The zero-order chi connectivity index (χ0) is 21.7. The zero-order valence-electron chi connectivity index (χ0n) is 18.4. The van der Waals surface area contributed by atoms with Crippen LogP contribution >= 0.6 is 0 Å². The number of anilines is 2. The number of piperazine rings is 1. The fourth-order valence-corrected chi connectivity index (χ4v) is 3.51. The predicted octanol–water partition coefficient (Wildman–Crippen LogP) is 4.09. The molecule has 2 aromatic carbocycles. The highest BCUT2D eigenvalue weighted by Gasteiger charge is 2.21. The molecule has 0 saturated carbocycles. The van der Waals surface area contributed by atoms with Crippen LogP contribution in [-0.4, -0.2) is 49.6 Å². The number of carbonyl (C=O) groups excluding carboxylic acids is 2. The average molecular weight is 409 g/mol. The molecule has 160 valence electrons. The van der Waals surface area contributed by atoms with Crippen molar-refractivity contribution in [1.82, 2.24) is 10.2 Å². The van der Waals surface area contributed by atoms with Crippen LogP contribution in [0.1, 0.15) is 43.6 Å². The SMILES string of the molecule is CCNC(=O)N1CCN(c2ccc(NC(=O)c3ccc(C(C)(C)C)cc3)cc2)CC1. The Hall–Kier alpha value is -3.02. The summed E-state index contributed by atoms with van der Waals surface area (Å²) >= 11 is 0. The highest BCUT2D eigenvalue weighted by Crippen LogP contribution is 2.23. The molecule has 2 N–H and O–H groups in total. The van der Waals surface area contributed by atoms with Gasteiger partial charge in [-0.05, 0) is 54.3 Å². The Morgan fingerprint density at radius 1 is 0.900 bits per heavy atom. The number of urea groups is 1. The maximum Gasteiger partial charge on any atom is 0.317 e. The van der Waals surface area contributed by atoms with Crippen LogP contribution in [0.15, 0.2) is 48.5 Å². The number of carbonyl (C=O) groups is 2. The summed E-state index contributed by atoms with van der Waals surface area (Å²) in [4.78, 5) is 28.6. The summed E-state index contributed by atoms with van der Waals surface area (Å²) in [6, 6.07) is 15.7. The molecule has 1 aliphatic heterocycles. The molecule has 30 heavy (non-hydrogen) atoms. The summed E-state index contributed by atoms with van der Waals surface area (Å²) in [7, 11) is 0. The molecular weight excluding hydrogens is 376 g/mol. The molecule has 0 radical (unpaired) electrons. The Labute approximate surface area is 179 Å². The second kappa shape index (κ2) is 9.20. The van der Waals surface area contributed by atoms with Gasteiger partial charge in [0, 0.05) is 49.7 Å². The summed E-state index contributed by atoms with van der Waals surface area (Å²) in [6.07, 6.45) is 0. The molecule has 1 heterocycles. The van der Waals surface area contributed by atoms with E-state index in [1.165, 1.54) is 5.56 Å². The molecule has 0 aromatic heterocycles. The van der Waals surface area contributed by atoms with Crippen molar-refractivity contribution in [3.8, 4) is 0 Å². The van der Waals surface area contributed by atoms with Gasteiger partial charge in [0.15, 0.2) is 0 Å². The molecule has 1 aliphatic rings. The van der Waals surface area contributed by atoms with Gasteiger partial charge in [-0.1, -0.05) is 32.9 Å². The van der Waals surface area contributed by atoms with Gasteiger partial charge >= 0.3 is 6.03 Å². The molecule has 3 rings (SSSR count). The summed E-state index contributed by atoms with van der Waals surface area (Å²) in [5.74, 6) is -0.112. The van der Waals surface area contributed by atoms with Crippen LogP contribution in [0.3, 0.4) is 0 Å². The first-order chi connectivity index (χ1) is 14.3. The standard InChI is InChI=1S/C24H32N4O2/c1-5-25-23(30)28-16-14-27(15-17-28)21-12-10-20(11-13-21)26-22(29)18-6-8-19(9-7-18)24(2,3)4/h6-13H,5,14-17H2,1-4H3,(H,25,30)(H,26,29). The van der Waals surface area contributed by atoms with E-state index < -0.39 is 0 Å². The fraction of sp³-hybridized carbons (Fsp3) is 0.417. The van der Waals surface area contributed by atoms with Crippen molar-refractivity contribution in [2.45, 2.75) is 33.1 Å². The van der Waals surface area contributed by atoms with Gasteiger partial charge in [-0.2, -0.15) is 0 Å². The molecule has 1 fully saturated rings. The minimum atomic E-state index is -0.112. The summed E-state index contributed by atoms with van der Waals surface area (Å²) in [5, 5.41) is 5.81. The highest BCUT2D eigenvalue weighted by atomic mass is 16.2. The Morgan fingerprint density at radius 3 is 2.03 bits per heavy atom. The largest absolute Gasteiger partial charge is 0.368 e. The van der Waals surface area contributed by atoms with Crippen molar-refractivity contribution in [3.05, 3.63) is 59.7 Å². The van der Waals surface area contributed by atoms with Gasteiger partial charge in [0.1, 0.15) is 0 Å². The van der Waals surface area contributed by atoms with Gasteiger partial charge in [-0.15, -0.1) is 0 Å². The van der Waals surface area contributed by atoms with Crippen molar-refractivity contribution in [2.24, 2.45) is 0 Å². The monoisotopic (exact) mass is 408 g/mol. The van der Waals surface area contributed by atoms with Gasteiger partial charge in [0.2, 0.25) is 0 Å². The van der Waals surface area contributed by atoms with Gasteiger partial charge in [-0.25, -0.2) is 4.79 Å². The maximum atomic E-state index is 12.5. The Kier molecular flexibility index (Phi) is 6.65. The van der Waals surface area contributed by atoms with Gasteiger partial charge in [0.05, 0.1) is 0 Å². The molecule has 6 nitrogen and oxygen atoms in total. The number of benzene rings is 2. The minimum absolute atomic E-state index is 0.00532. The molecule has 1 saturated heterocycles. The number of rotatable bonds is 4. The van der Waals surface area contributed by atoms with Crippen LogP contribution in [0.2, 0.25) is 0 Å². The quantitative estimate of drug-likeness (QED) is 0.801. The van der Waals surface area contributed by atoms with Crippen molar-refractivity contribution in [2.75, 3.05) is 42.9 Å². The molecule has 6 heteroatoms. The highest BCUT2D eigenvalue weighted by molar-refractivity contribution is 6.04. The third kappa shape index (κ3) is 5.32. The minimum Gasteiger partial charge on any atom is -0.368 e. The third-order valence-electron chi connectivity index (χ3n) is 5.40. The number of amides is 3. The first-order valence-electron chi connectivity index (χ1n) is 10.6. The first kappa shape index (κ1) is 21.7. The number of hydrogen-bond donors (Lipinski definition) is 2. The van der Waals surface area contributed by atoms with E-state index in [9.17, 15) is 9.59 Å². The topological polar surface area (TPSA) is 64.7 Å². The van der Waals surface area contributed by atoms with E-state index >= 15 is 0 Å². The maximum absolute atomic E-state index is 12.5. The normalized spacial score (nSPS) is 14.4. The van der Waals surface area contributed by atoms with Gasteiger partial charge in [-0.3, -0.25) is 4.79 Å². The van der Waals surface area contributed by atoms with E-state index in [0.717, 1.165) is 24.5 Å². The molecule has 0 aliphatic carbocycles. The molecule has 0 unspecified atom stereocenters. The van der Waals surface area contributed by atoms with E-state index in [0.29, 0.717) is 25.2 Å². The summed E-state index contributed by atoms with van der Waals surface area (Å²) in [6.45, 7) is 12.0. The van der Waals surface area contributed by atoms with Crippen LogP contribution in [0.5, 0.6) is 0 Å². The Balaban J connectivity index is 1.56. The molecular formula is C24H32N4O2. The predicted molar refractivity (Wildman–Crippen MR) is 122 cm³/mol. The summed E-state index contributed by atoms with van der Waals surface area (Å²) < 4.78 is 0. The van der Waals surface area contributed by atoms with E-state index in [-0.39, 0.29) is 17.4 Å². The lowest BCUT2D eigenvalue weighted by atomic mass is 9.87. The van der Waals surface area contributed by atoms with Crippen LogP contribution in [0, 0.1) is 0 Å². The Bertz CT molecular complexity index is 862.